The summed E-state index contributed by atoms with van der Waals surface area (Å²) in [6, 6.07) is 7.96. The normalized spacial score (nSPS) is 28.5. The lowest BCUT2D eigenvalue weighted by molar-refractivity contribution is -0.0104. The molecule has 2 aromatic rings. The van der Waals surface area contributed by atoms with Gasteiger partial charge < -0.3 is 4.74 Å². The summed E-state index contributed by atoms with van der Waals surface area (Å²) >= 11 is 0. The van der Waals surface area contributed by atoms with Crippen molar-refractivity contribution in [3.63, 3.8) is 0 Å². The zero-order valence-electron chi connectivity index (χ0n) is 15.4. The Hall–Kier alpha value is -2.30. The first kappa shape index (κ1) is 17.1. The quantitative estimate of drug-likeness (QED) is 0.444. The summed E-state index contributed by atoms with van der Waals surface area (Å²) in [6.45, 7) is 4.51. The molecule has 4 heterocycles. The fourth-order valence-corrected chi connectivity index (χ4v) is 4.90. The van der Waals surface area contributed by atoms with E-state index in [4.69, 9.17) is 4.74 Å². The number of aromatic nitrogens is 1. The number of rotatable bonds is 5. The van der Waals surface area contributed by atoms with Crippen LogP contribution in [0, 0.1) is 11.8 Å². The molecular formula is C20H25N5O. The summed E-state index contributed by atoms with van der Waals surface area (Å²) in [5, 5.41) is 5.28. The Bertz CT molecular complexity index is 847. The summed E-state index contributed by atoms with van der Waals surface area (Å²) in [5.74, 6) is 2.32. The average Bonchev–Trinajstić information content (AvgIpc) is 2.71. The van der Waals surface area contributed by atoms with Crippen molar-refractivity contribution >= 4 is 10.9 Å². The van der Waals surface area contributed by atoms with Crippen molar-refractivity contribution < 1.29 is 4.74 Å². The summed E-state index contributed by atoms with van der Waals surface area (Å²) < 4.78 is 5.40. The third kappa shape index (κ3) is 2.89. The minimum Gasteiger partial charge on any atom is -0.497 e. The second-order valence-corrected chi connectivity index (χ2v) is 7.45. The molecule has 0 saturated carbocycles. The van der Waals surface area contributed by atoms with E-state index >= 15 is 0 Å². The van der Waals surface area contributed by atoms with Gasteiger partial charge in [0.25, 0.3) is 0 Å². The maximum atomic E-state index is 9.27. The molecule has 0 radical (unpaired) electrons. The Morgan fingerprint density at radius 3 is 3.00 bits per heavy atom. The molecule has 3 aliphatic rings. The van der Waals surface area contributed by atoms with Crippen molar-refractivity contribution in [3.8, 4) is 5.75 Å². The van der Waals surface area contributed by atoms with Crippen LogP contribution in [0.1, 0.15) is 37.8 Å². The van der Waals surface area contributed by atoms with Crippen molar-refractivity contribution in [3.05, 3.63) is 46.5 Å². The predicted octanol–water partition coefficient (Wildman–Crippen LogP) is 4.72. The summed E-state index contributed by atoms with van der Waals surface area (Å²) in [4.78, 5) is 10.2. The van der Waals surface area contributed by atoms with E-state index in [1.165, 1.54) is 12.8 Å². The van der Waals surface area contributed by atoms with E-state index in [0.29, 0.717) is 0 Å². The van der Waals surface area contributed by atoms with Gasteiger partial charge in [0.15, 0.2) is 0 Å². The molecular weight excluding hydrogens is 326 g/mol. The first-order valence-electron chi connectivity index (χ1n) is 9.46. The van der Waals surface area contributed by atoms with Crippen LogP contribution in [0.5, 0.6) is 5.75 Å². The van der Waals surface area contributed by atoms with Crippen LogP contribution < -0.4 is 4.74 Å². The van der Waals surface area contributed by atoms with E-state index in [1.807, 2.05) is 30.5 Å². The summed E-state index contributed by atoms with van der Waals surface area (Å²) in [7, 11) is 1.67. The number of fused-ring (bicyclic) bond motifs is 4. The second-order valence-electron chi connectivity index (χ2n) is 7.45. The van der Waals surface area contributed by atoms with Crippen LogP contribution in [0.4, 0.5) is 0 Å². The third-order valence-electron chi connectivity index (χ3n) is 6.30. The van der Waals surface area contributed by atoms with E-state index in [2.05, 4.69) is 26.8 Å². The first-order valence-corrected chi connectivity index (χ1v) is 9.46. The standard InChI is InChI=1S/C20H25N5O/c1-3-13-12-25-9-7-14(13)10-19(25)20(23-24-21)16-6-8-22-18-5-4-15(26-2)11-17(16)18/h4-6,8,11,13-14,19-20H,3,7,9-10,12H2,1-2H3/t13-,14-,19-,20-/m0/s1. The number of piperidine rings is 3. The maximum Gasteiger partial charge on any atom is 0.119 e. The highest BCUT2D eigenvalue weighted by Gasteiger charge is 2.42. The van der Waals surface area contributed by atoms with E-state index in [0.717, 1.165) is 53.6 Å². The van der Waals surface area contributed by atoms with Gasteiger partial charge in [0.05, 0.1) is 18.7 Å². The lowest BCUT2D eigenvalue weighted by Crippen LogP contribution is -2.54. The highest BCUT2D eigenvalue weighted by Crippen LogP contribution is 2.44. The molecule has 1 aromatic heterocycles. The van der Waals surface area contributed by atoms with Gasteiger partial charge in [-0.25, -0.2) is 0 Å². The Labute approximate surface area is 153 Å². The molecule has 5 atom stereocenters. The average molecular weight is 351 g/mol. The maximum absolute atomic E-state index is 9.27. The molecule has 0 aliphatic carbocycles. The number of methoxy groups -OCH3 is 1. The molecule has 26 heavy (non-hydrogen) atoms. The molecule has 1 aromatic carbocycles. The largest absolute Gasteiger partial charge is 0.497 e. The van der Waals surface area contributed by atoms with Crippen LogP contribution in [-0.4, -0.2) is 36.1 Å². The lowest BCUT2D eigenvalue weighted by Gasteiger charge is -2.51. The number of pyridine rings is 1. The number of ether oxygens (including phenoxy) is 1. The Balaban J connectivity index is 1.76. The van der Waals surface area contributed by atoms with Crippen LogP contribution in [-0.2, 0) is 0 Å². The van der Waals surface area contributed by atoms with Crippen LogP contribution in [0.15, 0.2) is 35.6 Å². The zero-order valence-corrected chi connectivity index (χ0v) is 15.4. The van der Waals surface area contributed by atoms with Crippen LogP contribution in [0.2, 0.25) is 0 Å². The Kier molecular flexibility index (Phi) is 4.70. The monoisotopic (exact) mass is 351 g/mol. The highest BCUT2D eigenvalue weighted by molar-refractivity contribution is 5.84. The van der Waals surface area contributed by atoms with Crippen LogP contribution in [0.3, 0.4) is 0 Å². The molecule has 0 spiro atoms. The van der Waals surface area contributed by atoms with Crippen LogP contribution >= 0.6 is 0 Å². The second kappa shape index (κ2) is 7.14. The summed E-state index contributed by atoms with van der Waals surface area (Å²) in [5.41, 5.74) is 11.2. The molecule has 1 unspecified atom stereocenters. The fourth-order valence-electron chi connectivity index (χ4n) is 4.90. The van der Waals surface area contributed by atoms with Gasteiger partial charge in [-0.15, -0.1) is 0 Å². The molecule has 0 amide bonds. The van der Waals surface area contributed by atoms with Gasteiger partial charge in [-0.2, -0.15) is 0 Å². The first-order chi connectivity index (χ1) is 12.7. The van der Waals surface area contributed by atoms with Crippen molar-refractivity contribution in [1.82, 2.24) is 9.88 Å². The Morgan fingerprint density at radius 1 is 1.42 bits per heavy atom. The predicted molar refractivity (Wildman–Crippen MR) is 102 cm³/mol. The summed E-state index contributed by atoms with van der Waals surface area (Å²) in [6.07, 6.45) is 5.42. The van der Waals surface area contributed by atoms with E-state index in [1.54, 1.807) is 7.11 Å². The van der Waals surface area contributed by atoms with Crippen molar-refractivity contribution in [1.29, 1.82) is 0 Å². The third-order valence-corrected chi connectivity index (χ3v) is 6.30. The van der Waals surface area contributed by atoms with Gasteiger partial charge in [-0.1, -0.05) is 18.5 Å². The molecule has 5 rings (SSSR count). The molecule has 2 bridgehead atoms. The van der Waals surface area contributed by atoms with E-state index in [9.17, 15) is 5.53 Å². The number of benzene rings is 1. The molecule has 3 saturated heterocycles. The molecule has 6 heteroatoms. The number of hydrogen-bond donors (Lipinski definition) is 0. The number of azide groups is 1. The number of hydrogen-bond acceptors (Lipinski definition) is 4. The zero-order chi connectivity index (χ0) is 18.1. The molecule has 0 N–H and O–H groups in total. The highest BCUT2D eigenvalue weighted by atomic mass is 16.5. The van der Waals surface area contributed by atoms with Gasteiger partial charge >= 0.3 is 0 Å². The van der Waals surface area contributed by atoms with Crippen molar-refractivity contribution in [2.45, 2.75) is 38.3 Å². The SMILES string of the molecule is CC[C@H]1CN2CC[C@H]1C[C@H]2[C@@H](N=[N+]=[N-])c1ccnc2ccc(OC)cc12. The van der Waals surface area contributed by atoms with Crippen molar-refractivity contribution in [2.75, 3.05) is 20.2 Å². The van der Waals surface area contributed by atoms with Gasteiger partial charge in [0.2, 0.25) is 0 Å². The Morgan fingerprint density at radius 2 is 2.31 bits per heavy atom. The topological polar surface area (TPSA) is 74.1 Å². The smallest absolute Gasteiger partial charge is 0.119 e. The molecule has 3 aliphatic heterocycles. The molecule has 3 fully saturated rings. The fraction of sp³-hybridized carbons (Fsp3) is 0.550. The van der Waals surface area contributed by atoms with E-state index in [-0.39, 0.29) is 12.1 Å². The minimum absolute atomic E-state index is 0.196. The van der Waals surface area contributed by atoms with Crippen molar-refractivity contribution in [2.24, 2.45) is 17.0 Å². The molecule has 6 nitrogen and oxygen atoms in total. The number of nitrogens with zero attached hydrogens (tertiary/aromatic N) is 5. The van der Waals surface area contributed by atoms with Gasteiger partial charge in [0.1, 0.15) is 5.75 Å². The molecule has 136 valence electrons. The van der Waals surface area contributed by atoms with Gasteiger partial charge in [0, 0.05) is 29.1 Å². The van der Waals surface area contributed by atoms with E-state index < -0.39 is 0 Å². The minimum atomic E-state index is -0.196. The lowest BCUT2D eigenvalue weighted by atomic mass is 9.72. The van der Waals surface area contributed by atoms with Crippen LogP contribution in [0.25, 0.3) is 21.3 Å². The van der Waals surface area contributed by atoms with Gasteiger partial charge in [-0.3, -0.25) is 9.88 Å². The van der Waals surface area contributed by atoms with Gasteiger partial charge in [-0.05, 0) is 66.6 Å².